The first-order valence-corrected chi connectivity index (χ1v) is 5.49. The lowest BCUT2D eigenvalue weighted by molar-refractivity contribution is 0.112. The van der Waals surface area contributed by atoms with Crippen molar-refractivity contribution < 1.29 is 19.4 Å². The van der Waals surface area contributed by atoms with Crippen LogP contribution >= 0.6 is 11.6 Å². The van der Waals surface area contributed by atoms with Crippen LogP contribution in [0.3, 0.4) is 0 Å². The molecule has 0 fully saturated rings. The Morgan fingerprint density at radius 1 is 1.41 bits per heavy atom. The molecule has 4 nitrogen and oxygen atoms in total. The zero-order valence-electron chi connectivity index (χ0n) is 9.99. The molecule has 1 atom stereocenters. The van der Waals surface area contributed by atoms with E-state index in [1.165, 1.54) is 20.3 Å². The Kier molecular flexibility index (Phi) is 4.78. The lowest BCUT2D eigenvalue weighted by atomic mass is 10.0. The molecule has 0 amide bonds. The van der Waals surface area contributed by atoms with Gasteiger partial charge in [-0.2, -0.15) is 0 Å². The summed E-state index contributed by atoms with van der Waals surface area (Å²) in [5.74, 6) is 0.727. The maximum absolute atomic E-state index is 10.9. The molecule has 0 saturated heterocycles. The second-order valence-corrected chi connectivity index (χ2v) is 4.07. The fraction of sp³-hybridized carbons (Fsp3) is 0.417. The molecule has 94 valence electrons. The van der Waals surface area contributed by atoms with Gasteiger partial charge in [-0.25, -0.2) is 0 Å². The standard InChI is InChI=1S/C12H15ClO4/c1-7(15)4-9-10(13)5-8(6-14)11(16-2)12(9)17-3/h5-7,15H,4H2,1-3H3. The van der Waals surface area contributed by atoms with Gasteiger partial charge in [0, 0.05) is 17.0 Å². The quantitative estimate of drug-likeness (QED) is 0.822. The topological polar surface area (TPSA) is 55.8 Å². The van der Waals surface area contributed by atoms with Gasteiger partial charge in [-0.15, -0.1) is 0 Å². The number of aldehydes is 1. The molecule has 0 bridgehead atoms. The van der Waals surface area contributed by atoms with Crippen molar-refractivity contribution in [3.05, 3.63) is 22.2 Å². The number of hydrogen-bond donors (Lipinski definition) is 1. The average molecular weight is 259 g/mol. The van der Waals surface area contributed by atoms with E-state index < -0.39 is 6.10 Å². The Bertz CT molecular complexity index is 415. The highest BCUT2D eigenvalue weighted by Gasteiger charge is 2.19. The summed E-state index contributed by atoms with van der Waals surface area (Å²) in [5.41, 5.74) is 0.954. The second kappa shape index (κ2) is 5.89. The lowest BCUT2D eigenvalue weighted by Gasteiger charge is -2.17. The highest BCUT2D eigenvalue weighted by molar-refractivity contribution is 6.32. The summed E-state index contributed by atoms with van der Waals surface area (Å²) in [6, 6.07) is 1.51. The van der Waals surface area contributed by atoms with Gasteiger partial charge in [0.2, 0.25) is 0 Å². The number of aliphatic hydroxyl groups excluding tert-OH is 1. The van der Waals surface area contributed by atoms with Gasteiger partial charge >= 0.3 is 0 Å². The van der Waals surface area contributed by atoms with Crippen molar-refractivity contribution in [2.24, 2.45) is 0 Å². The van der Waals surface area contributed by atoms with Crippen molar-refractivity contribution in [1.82, 2.24) is 0 Å². The molecule has 0 aliphatic rings. The molecule has 1 aromatic rings. The molecule has 0 saturated carbocycles. The predicted octanol–water partition coefficient (Wildman–Crippen LogP) is 2.09. The molecule has 0 spiro atoms. The van der Waals surface area contributed by atoms with Crippen molar-refractivity contribution in [3.8, 4) is 11.5 Å². The summed E-state index contributed by atoms with van der Waals surface area (Å²) in [6.45, 7) is 1.65. The summed E-state index contributed by atoms with van der Waals surface area (Å²) >= 11 is 6.06. The zero-order chi connectivity index (χ0) is 13.0. The molecule has 17 heavy (non-hydrogen) atoms. The van der Waals surface area contributed by atoms with Gasteiger partial charge in [0.15, 0.2) is 17.8 Å². The SMILES string of the molecule is COc1c(C=O)cc(Cl)c(CC(C)O)c1OC. The van der Waals surface area contributed by atoms with Crippen molar-refractivity contribution in [1.29, 1.82) is 0 Å². The Hall–Kier alpha value is -1.26. The number of methoxy groups -OCH3 is 2. The first-order valence-electron chi connectivity index (χ1n) is 5.11. The number of rotatable bonds is 5. The van der Waals surface area contributed by atoms with Gasteiger partial charge in [0.25, 0.3) is 0 Å². The Balaban J connectivity index is 3.43. The van der Waals surface area contributed by atoms with E-state index in [1.807, 2.05) is 0 Å². The van der Waals surface area contributed by atoms with Gasteiger partial charge in [-0.1, -0.05) is 11.6 Å². The lowest BCUT2D eigenvalue weighted by Crippen LogP contribution is -2.08. The molecular formula is C12H15ClO4. The molecule has 1 aromatic carbocycles. The van der Waals surface area contributed by atoms with E-state index in [-0.39, 0.29) is 0 Å². The van der Waals surface area contributed by atoms with E-state index in [4.69, 9.17) is 21.1 Å². The van der Waals surface area contributed by atoms with Crippen molar-refractivity contribution in [2.45, 2.75) is 19.4 Å². The normalized spacial score (nSPS) is 12.1. The van der Waals surface area contributed by atoms with E-state index in [9.17, 15) is 9.90 Å². The van der Waals surface area contributed by atoms with Gasteiger partial charge in [-0.05, 0) is 13.0 Å². The van der Waals surface area contributed by atoms with Crippen LogP contribution in [0.25, 0.3) is 0 Å². The van der Waals surface area contributed by atoms with Crippen LogP contribution in [0.2, 0.25) is 5.02 Å². The third-order valence-corrected chi connectivity index (χ3v) is 2.69. The largest absolute Gasteiger partial charge is 0.492 e. The molecule has 0 heterocycles. The van der Waals surface area contributed by atoms with E-state index in [0.717, 1.165) is 0 Å². The van der Waals surface area contributed by atoms with E-state index in [2.05, 4.69) is 0 Å². The highest BCUT2D eigenvalue weighted by atomic mass is 35.5. The summed E-state index contributed by atoms with van der Waals surface area (Å²) in [6.07, 6.45) is 0.421. The molecule has 0 aromatic heterocycles. The zero-order valence-corrected chi connectivity index (χ0v) is 10.7. The molecular weight excluding hydrogens is 244 g/mol. The molecule has 1 rings (SSSR count). The van der Waals surface area contributed by atoms with Gasteiger partial charge in [-0.3, -0.25) is 4.79 Å². The molecule has 0 aliphatic heterocycles. The van der Waals surface area contributed by atoms with E-state index in [0.29, 0.717) is 40.4 Å². The number of aliphatic hydroxyl groups is 1. The van der Waals surface area contributed by atoms with Crippen LogP contribution in [0.4, 0.5) is 0 Å². The Morgan fingerprint density at radius 2 is 2.00 bits per heavy atom. The van der Waals surface area contributed by atoms with Gasteiger partial charge in [0.1, 0.15) is 0 Å². The van der Waals surface area contributed by atoms with Crippen LogP contribution in [0.1, 0.15) is 22.8 Å². The summed E-state index contributed by atoms with van der Waals surface area (Å²) in [7, 11) is 2.92. The van der Waals surface area contributed by atoms with Crippen molar-refractivity contribution >= 4 is 17.9 Å². The maximum Gasteiger partial charge on any atom is 0.171 e. The average Bonchev–Trinajstić information content (AvgIpc) is 2.30. The molecule has 1 N–H and O–H groups in total. The van der Waals surface area contributed by atoms with Crippen LogP contribution in [-0.2, 0) is 6.42 Å². The molecule has 5 heteroatoms. The number of ether oxygens (including phenoxy) is 2. The number of benzene rings is 1. The third kappa shape index (κ3) is 2.90. The fourth-order valence-corrected chi connectivity index (χ4v) is 1.95. The van der Waals surface area contributed by atoms with E-state index in [1.54, 1.807) is 6.92 Å². The smallest absolute Gasteiger partial charge is 0.171 e. The minimum atomic E-state index is -0.562. The van der Waals surface area contributed by atoms with Crippen LogP contribution in [0.5, 0.6) is 11.5 Å². The number of halogens is 1. The van der Waals surface area contributed by atoms with Crippen LogP contribution in [-0.4, -0.2) is 31.7 Å². The maximum atomic E-state index is 10.9. The molecule has 0 aliphatic carbocycles. The van der Waals surface area contributed by atoms with Crippen molar-refractivity contribution in [2.75, 3.05) is 14.2 Å². The molecule has 1 unspecified atom stereocenters. The van der Waals surface area contributed by atoms with Crippen LogP contribution < -0.4 is 9.47 Å². The predicted molar refractivity (Wildman–Crippen MR) is 65.3 cm³/mol. The minimum Gasteiger partial charge on any atom is -0.492 e. The van der Waals surface area contributed by atoms with E-state index >= 15 is 0 Å². The van der Waals surface area contributed by atoms with Crippen LogP contribution in [0, 0.1) is 0 Å². The Morgan fingerprint density at radius 3 is 2.41 bits per heavy atom. The first kappa shape index (κ1) is 13.8. The van der Waals surface area contributed by atoms with Gasteiger partial charge in [0.05, 0.1) is 25.9 Å². The summed E-state index contributed by atoms with van der Waals surface area (Å²) in [5, 5.41) is 9.80. The Labute approximate surface area is 105 Å². The summed E-state index contributed by atoms with van der Waals surface area (Å²) in [4.78, 5) is 10.9. The monoisotopic (exact) mass is 258 g/mol. The fourth-order valence-electron chi connectivity index (χ4n) is 1.67. The number of carbonyl (C=O) groups is 1. The highest BCUT2D eigenvalue weighted by Crippen LogP contribution is 2.39. The number of carbonyl (C=O) groups excluding carboxylic acids is 1. The second-order valence-electron chi connectivity index (χ2n) is 3.66. The number of hydrogen-bond acceptors (Lipinski definition) is 4. The van der Waals surface area contributed by atoms with Crippen molar-refractivity contribution in [3.63, 3.8) is 0 Å². The van der Waals surface area contributed by atoms with Gasteiger partial charge < -0.3 is 14.6 Å². The van der Waals surface area contributed by atoms with Crippen LogP contribution in [0.15, 0.2) is 6.07 Å². The first-order chi connectivity index (χ1) is 8.04. The third-order valence-electron chi connectivity index (χ3n) is 2.35. The minimum absolute atomic E-state index is 0.323. The summed E-state index contributed by atoms with van der Waals surface area (Å²) < 4.78 is 10.4. The molecule has 0 radical (unpaired) electrons.